The topological polar surface area (TPSA) is 96.9 Å². The van der Waals surface area contributed by atoms with Crippen LogP contribution in [0.25, 0.3) is 22.4 Å². The lowest BCUT2D eigenvalue weighted by molar-refractivity contribution is -0.134. The highest BCUT2D eigenvalue weighted by atomic mass is 35.5. The average Bonchev–Trinajstić information content (AvgIpc) is 3.13. The van der Waals surface area contributed by atoms with Crippen LogP contribution in [-0.2, 0) is 11.8 Å². The molecule has 0 spiro atoms. The standard InChI is InChI=1S/C21H22N6O2.ClH/c1-14-10-15(19-20-21(26(2)13-23-20)25-17(11-22)24-19)6-7-16(14)29-12-18(28)27-8-4-3-5-9-27;/h6-7,10,13H,3-5,8-9,12H2,1-2H3;1H. The van der Waals surface area contributed by atoms with Gasteiger partial charge in [0.1, 0.15) is 23.0 Å². The van der Waals surface area contributed by atoms with Crippen molar-refractivity contribution in [2.24, 2.45) is 7.05 Å². The van der Waals surface area contributed by atoms with E-state index in [1.54, 1.807) is 10.9 Å². The number of amides is 1. The van der Waals surface area contributed by atoms with Crippen molar-refractivity contribution in [3.63, 3.8) is 0 Å². The molecule has 156 valence electrons. The van der Waals surface area contributed by atoms with Gasteiger partial charge in [0.2, 0.25) is 5.82 Å². The number of rotatable bonds is 4. The molecule has 1 aliphatic heterocycles. The molecule has 1 aromatic carbocycles. The molecule has 0 radical (unpaired) electrons. The molecule has 2 aromatic heterocycles. The van der Waals surface area contributed by atoms with Gasteiger partial charge in [-0.25, -0.2) is 9.97 Å². The van der Waals surface area contributed by atoms with Crippen LogP contribution in [0.3, 0.4) is 0 Å². The highest BCUT2D eigenvalue weighted by Gasteiger charge is 2.18. The molecule has 3 heterocycles. The zero-order chi connectivity index (χ0) is 20.4. The van der Waals surface area contributed by atoms with Crippen LogP contribution < -0.4 is 4.74 Å². The molecule has 0 N–H and O–H groups in total. The van der Waals surface area contributed by atoms with E-state index in [0.717, 1.165) is 37.1 Å². The summed E-state index contributed by atoms with van der Waals surface area (Å²) in [6.45, 7) is 3.59. The summed E-state index contributed by atoms with van der Waals surface area (Å²) >= 11 is 0. The fraction of sp³-hybridized carbons (Fsp3) is 0.381. The number of aromatic nitrogens is 4. The summed E-state index contributed by atoms with van der Waals surface area (Å²) in [5.74, 6) is 0.782. The molecule has 0 atom stereocenters. The maximum Gasteiger partial charge on any atom is 0.260 e. The number of imidazole rings is 1. The maximum atomic E-state index is 12.3. The molecular formula is C21H23ClN6O2. The van der Waals surface area contributed by atoms with Crippen LogP contribution >= 0.6 is 12.4 Å². The van der Waals surface area contributed by atoms with Crippen molar-refractivity contribution in [3.8, 4) is 23.1 Å². The van der Waals surface area contributed by atoms with E-state index in [1.165, 1.54) is 6.42 Å². The molecule has 1 aliphatic rings. The van der Waals surface area contributed by atoms with Gasteiger partial charge < -0.3 is 14.2 Å². The summed E-state index contributed by atoms with van der Waals surface area (Å²) in [5.41, 5.74) is 3.55. The number of carbonyl (C=O) groups is 1. The molecule has 3 aromatic rings. The van der Waals surface area contributed by atoms with Gasteiger partial charge >= 0.3 is 0 Å². The smallest absolute Gasteiger partial charge is 0.260 e. The Morgan fingerprint density at radius 1 is 1.23 bits per heavy atom. The Bertz CT molecular complexity index is 1110. The van der Waals surface area contributed by atoms with Crippen molar-refractivity contribution in [3.05, 3.63) is 35.9 Å². The van der Waals surface area contributed by atoms with Crippen molar-refractivity contribution < 1.29 is 9.53 Å². The van der Waals surface area contributed by atoms with Gasteiger partial charge in [-0.3, -0.25) is 4.79 Å². The number of hydrogen-bond acceptors (Lipinski definition) is 6. The first-order valence-corrected chi connectivity index (χ1v) is 9.67. The zero-order valence-corrected chi connectivity index (χ0v) is 17.8. The van der Waals surface area contributed by atoms with Gasteiger partial charge in [0.15, 0.2) is 12.3 Å². The zero-order valence-electron chi connectivity index (χ0n) is 17.0. The lowest BCUT2D eigenvalue weighted by Gasteiger charge is -2.26. The molecule has 0 saturated carbocycles. The Labute approximate surface area is 180 Å². The number of nitriles is 1. The fourth-order valence-corrected chi connectivity index (χ4v) is 3.59. The van der Waals surface area contributed by atoms with E-state index < -0.39 is 0 Å². The Balaban J connectivity index is 0.00000256. The number of fused-ring (bicyclic) bond motifs is 1. The molecule has 4 rings (SSSR count). The summed E-state index contributed by atoms with van der Waals surface area (Å²) in [7, 11) is 1.83. The fourth-order valence-electron chi connectivity index (χ4n) is 3.59. The highest BCUT2D eigenvalue weighted by molar-refractivity contribution is 5.88. The molecule has 1 fully saturated rings. The third-order valence-electron chi connectivity index (χ3n) is 5.17. The van der Waals surface area contributed by atoms with Gasteiger partial charge in [-0.1, -0.05) is 0 Å². The normalized spacial score (nSPS) is 13.6. The third kappa shape index (κ3) is 4.21. The second-order valence-electron chi connectivity index (χ2n) is 7.25. The summed E-state index contributed by atoms with van der Waals surface area (Å²) < 4.78 is 7.54. The van der Waals surface area contributed by atoms with Crippen molar-refractivity contribution in [2.75, 3.05) is 19.7 Å². The lowest BCUT2D eigenvalue weighted by Crippen LogP contribution is -2.38. The number of carbonyl (C=O) groups excluding carboxylic acids is 1. The molecule has 0 bridgehead atoms. The Morgan fingerprint density at radius 3 is 2.70 bits per heavy atom. The number of aryl methyl sites for hydroxylation is 2. The van der Waals surface area contributed by atoms with Crippen LogP contribution in [0.15, 0.2) is 24.5 Å². The molecule has 30 heavy (non-hydrogen) atoms. The minimum absolute atomic E-state index is 0. The molecule has 1 saturated heterocycles. The predicted octanol–water partition coefficient (Wildman–Crippen LogP) is 3.02. The minimum Gasteiger partial charge on any atom is -0.483 e. The van der Waals surface area contributed by atoms with Gasteiger partial charge in [0, 0.05) is 25.7 Å². The Kier molecular flexibility index (Phi) is 6.53. The molecule has 1 amide bonds. The molecule has 9 heteroatoms. The average molecular weight is 427 g/mol. The van der Waals surface area contributed by atoms with E-state index >= 15 is 0 Å². The van der Waals surface area contributed by atoms with Crippen LogP contribution in [0.5, 0.6) is 5.75 Å². The molecular weight excluding hydrogens is 404 g/mol. The van der Waals surface area contributed by atoms with E-state index in [4.69, 9.17) is 4.74 Å². The van der Waals surface area contributed by atoms with Gasteiger partial charge in [-0.05, 0) is 49.9 Å². The first kappa shape index (κ1) is 21.5. The summed E-state index contributed by atoms with van der Waals surface area (Å²) in [6.07, 6.45) is 4.96. The molecule has 0 unspecified atom stereocenters. The number of nitrogens with zero attached hydrogens (tertiary/aromatic N) is 6. The van der Waals surface area contributed by atoms with Crippen LogP contribution in [0.1, 0.15) is 30.7 Å². The molecule has 0 aliphatic carbocycles. The largest absolute Gasteiger partial charge is 0.483 e. The number of piperidine rings is 1. The maximum absolute atomic E-state index is 12.3. The van der Waals surface area contributed by atoms with Gasteiger partial charge in [-0.15, -0.1) is 12.4 Å². The van der Waals surface area contributed by atoms with Crippen molar-refractivity contribution >= 4 is 29.5 Å². The van der Waals surface area contributed by atoms with E-state index in [1.807, 2.05) is 43.1 Å². The van der Waals surface area contributed by atoms with Crippen LogP contribution in [0.2, 0.25) is 0 Å². The highest BCUT2D eigenvalue weighted by Crippen LogP contribution is 2.29. The SMILES string of the molecule is Cc1cc(-c2nc(C#N)nc3c2ncn3C)ccc1OCC(=O)N1CCCCC1.Cl. The van der Waals surface area contributed by atoms with E-state index in [9.17, 15) is 10.1 Å². The summed E-state index contributed by atoms with van der Waals surface area (Å²) in [4.78, 5) is 27.2. The van der Waals surface area contributed by atoms with Crippen molar-refractivity contribution in [2.45, 2.75) is 26.2 Å². The molecule has 8 nitrogen and oxygen atoms in total. The second-order valence-corrected chi connectivity index (χ2v) is 7.25. The predicted molar refractivity (Wildman–Crippen MR) is 114 cm³/mol. The van der Waals surface area contributed by atoms with Gasteiger partial charge in [0.05, 0.1) is 6.33 Å². The van der Waals surface area contributed by atoms with Crippen LogP contribution in [-0.4, -0.2) is 50.0 Å². The van der Waals surface area contributed by atoms with E-state index in [2.05, 4.69) is 15.0 Å². The Hall–Kier alpha value is -3.18. The van der Waals surface area contributed by atoms with Crippen molar-refractivity contribution in [1.82, 2.24) is 24.4 Å². The first-order chi connectivity index (χ1) is 14.1. The monoisotopic (exact) mass is 426 g/mol. The van der Waals surface area contributed by atoms with E-state index in [-0.39, 0.29) is 30.7 Å². The number of benzene rings is 1. The number of hydrogen-bond donors (Lipinski definition) is 0. The Morgan fingerprint density at radius 2 is 2.00 bits per heavy atom. The minimum atomic E-state index is 0. The van der Waals surface area contributed by atoms with Gasteiger partial charge in [-0.2, -0.15) is 10.2 Å². The quantitative estimate of drug-likeness (QED) is 0.636. The number of ether oxygens (including phenoxy) is 1. The first-order valence-electron chi connectivity index (χ1n) is 9.67. The summed E-state index contributed by atoms with van der Waals surface area (Å²) in [6, 6.07) is 7.63. The second kappa shape index (κ2) is 9.09. The third-order valence-corrected chi connectivity index (χ3v) is 5.17. The van der Waals surface area contributed by atoms with Gasteiger partial charge in [0.25, 0.3) is 5.91 Å². The number of halogens is 1. The van der Waals surface area contributed by atoms with E-state index in [0.29, 0.717) is 22.6 Å². The lowest BCUT2D eigenvalue weighted by atomic mass is 10.1. The van der Waals surface area contributed by atoms with Crippen LogP contribution in [0.4, 0.5) is 0 Å². The summed E-state index contributed by atoms with van der Waals surface area (Å²) in [5, 5.41) is 9.26. The van der Waals surface area contributed by atoms with Crippen LogP contribution in [0, 0.1) is 18.3 Å². The van der Waals surface area contributed by atoms with Crippen molar-refractivity contribution in [1.29, 1.82) is 5.26 Å². The number of likely N-dealkylation sites (tertiary alicyclic amines) is 1.